The van der Waals surface area contributed by atoms with E-state index in [9.17, 15) is 4.79 Å². The molecule has 0 aliphatic heterocycles. The van der Waals surface area contributed by atoms with Crippen LogP contribution in [0.5, 0.6) is 0 Å². The second-order valence-corrected chi connectivity index (χ2v) is 5.43. The number of aromatic nitrogens is 1. The van der Waals surface area contributed by atoms with Crippen LogP contribution >= 0.6 is 12.2 Å². The molecule has 0 atom stereocenters. The molecular formula is C16H17N3OS. The number of amides is 1. The van der Waals surface area contributed by atoms with Crippen molar-refractivity contribution >= 4 is 28.8 Å². The standard InChI is InChI=1S/C16H17N3OS/c1-10(2)12-5-3-4-6-13(12)19-16(20)14-8-7-11(9-18-14)15(17)21/h3-10H,1-2H3,(H2,17,21)(H,19,20). The molecule has 0 spiro atoms. The van der Waals surface area contributed by atoms with Gasteiger partial charge < -0.3 is 11.1 Å². The molecule has 0 saturated carbocycles. The van der Waals surface area contributed by atoms with Gasteiger partial charge in [0.25, 0.3) is 5.91 Å². The van der Waals surface area contributed by atoms with Crippen molar-refractivity contribution in [2.45, 2.75) is 19.8 Å². The number of carbonyl (C=O) groups is 1. The molecule has 1 aromatic heterocycles. The van der Waals surface area contributed by atoms with Crippen molar-refractivity contribution in [1.29, 1.82) is 0 Å². The number of nitrogens with two attached hydrogens (primary N) is 1. The normalized spacial score (nSPS) is 10.4. The van der Waals surface area contributed by atoms with Gasteiger partial charge in [-0.05, 0) is 29.7 Å². The molecule has 2 aromatic rings. The molecule has 0 bridgehead atoms. The summed E-state index contributed by atoms with van der Waals surface area (Å²) in [6.07, 6.45) is 1.51. The highest BCUT2D eigenvalue weighted by molar-refractivity contribution is 7.80. The number of anilines is 1. The van der Waals surface area contributed by atoms with Crippen LogP contribution in [0.15, 0.2) is 42.6 Å². The van der Waals surface area contributed by atoms with Gasteiger partial charge in [0.1, 0.15) is 10.7 Å². The summed E-state index contributed by atoms with van der Waals surface area (Å²) in [7, 11) is 0. The van der Waals surface area contributed by atoms with E-state index in [1.165, 1.54) is 6.20 Å². The van der Waals surface area contributed by atoms with Crippen LogP contribution in [-0.4, -0.2) is 15.9 Å². The number of nitrogens with zero attached hydrogens (tertiary/aromatic N) is 1. The van der Waals surface area contributed by atoms with Gasteiger partial charge in [0.05, 0.1) is 0 Å². The molecular weight excluding hydrogens is 282 g/mol. The van der Waals surface area contributed by atoms with E-state index in [1.807, 2.05) is 24.3 Å². The van der Waals surface area contributed by atoms with E-state index in [1.54, 1.807) is 12.1 Å². The molecule has 0 saturated heterocycles. The number of para-hydroxylation sites is 1. The molecule has 0 aliphatic carbocycles. The highest BCUT2D eigenvalue weighted by Gasteiger charge is 2.12. The lowest BCUT2D eigenvalue weighted by Crippen LogP contribution is -2.16. The van der Waals surface area contributed by atoms with Gasteiger partial charge >= 0.3 is 0 Å². The first-order chi connectivity index (χ1) is 9.99. The Morgan fingerprint density at radius 1 is 1.24 bits per heavy atom. The number of hydrogen-bond donors (Lipinski definition) is 2. The van der Waals surface area contributed by atoms with Gasteiger partial charge in [-0.15, -0.1) is 0 Å². The Balaban J connectivity index is 2.20. The highest BCUT2D eigenvalue weighted by Crippen LogP contribution is 2.23. The summed E-state index contributed by atoms with van der Waals surface area (Å²) in [5.41, 5.74) is 8.37. The summed E-state index contributed by atoms with van der Waals surface area (Å²) < 4.78 is 0. The first-order valence-corrected chi connectivity index (χ1v) is 7.06. The number of pyridine rings is 1. The van der Waals surface area contributed by atoms with Crippen molar-refractivity contribution < 1.29 is 4.79 Å². The van der Waals surface area contributed by atoms with E-state index in [4.69, 9.17) is 18.0 Å². The predicted octanol–water partition coefficient (Wildman–Crippen LogP) is 3.09. The van der Waals surface area contributed by atoms with Crippen LogP contribution < -0.4 is 11.1 Å². The Labute approximate surface area is 129 Å². The van der Waals surface area contributed by atoms with E-state index >= 15 is 0 Å². The van der Waals surface area contributed by atoms with Crippen LogP contribution in [0.2, 0.25) is 0 Å². The zero-order valence-electron chi connectivity index (χ0n) is 12.0. The van der Waals surface area contributed by atoms with Crippen molar-refractivity contribution in [2.24, 2.45) is 5.73 Å². The number of benzene rings is 1. The summed E-state index contributed by atoms with van der Waals surface area (Å²) in [6, 6.07) is 11.0. The predicted molar refractivity (Wildman–Crippen MR) is 88.6 cm³/mol. The minimum absolute atomic E-state index is 0.252. The number of thiocarbonyl (C=S) groups is 1. The minimum atomic E-state index is -0.252. The Kier molecular flexibility index (Phi) is 4.65. The molecule has 5 heteroatoms. The van der Waals surface area contributed by atoms with Crippen LogP contribution in [0.25, 0.3) is 0 Å². The van der Waals surface area contributed by atoms with Gasteiger partial charge in [-0.1, -0.05) is 44.3 Å². The molecule has 3 N–H and O–H groups in total. The fraction of sp³-hybridized carbons (Fsp3) is 0.188. The van der Waals surface area contributed by atoms with Gasteiger partial charge in [0, 0.05) is 17.4 Å². The smallest absolute Gasteiger partial charge is 0.274 e. The Bertz CT molecular complexity index is 665. The van der Waals surface area contributed by atoms with Crippen molar-refractivity contribution in [1.82, 2.24) is 4.98 Å². The van der Waals surface area contributed by atoms with Crippen LogP contribution in [-0.2, 0) is 0 Å². The number of rotatable bonds is 4. The third-order valence-electron chi connectivity index (χ3n) is 3.11. The maximum absolute atomic E-state index is 12.2. The second-order valence-electron chi connectivity index (χ2n) is 4.99. The monoisotopic (exact) mass is 299 g/mol. The first kappa shape index (κ1) is 15.1. The largest absolute Gasteiger partial charge is 0.389 e. The average molecular weight is 299 g/mol. The third-order valence-corrected chi connectivity index (χ3v) is 3.35. The molecule has 0 aliphatic rings. The molecule has 1 heterocycles. The maximum atomic E-state index is 12.2. The average Bonchev–Trinajstić information content (AvgIpc) is 2.47. The lowest BCUT2D eigenvalue weighted by Gasteiger charge is -2.13. The van der Waals surface area contributed by atoms with E-state index in [-0.39, 0.29) is 10.9 Å². The first-order valence-electron chi connectivity index (χ1n) is 6.65. The molecule has 2 rings (SSSR count). The summed E-state index contributed by atoms with van der Waals surface area (Å²) in [4.78, 5) is 16.6. The van der Waals surface area contributed by atoms with Gasteiger partial charge in [0.2, 0.25) is 0 Å². The van der Waals surface area contributed by atoms with Crippen molar-refractivity contribution in [3.8, 4) is 0 Å². The fourth-order valence-electron chi connectivity index (χ4n) is 1.97. The molecule has 0 radical (unpaired) electrons. The van der Waals surface area contributed by atoms with E-state index in [0.29, 0.717) is 17.2 Å². The van der Waals surface area contributed by atoms with Crippen LogP contribution in [0.3, 0.4) is 0 Å². The highest BCUT2D eigenvalue weighted by atomic mass is 32.1. The topological polar surface area (TPSA) is 68.0 Å². The summed E-state index contributed by atoms with van der Waals surface area (Å²) in [6.45, 7) is 4.17. The zero-order chi connectivity index (χ0) is 15.4. The van der Waals surface area contributed by atoms with Crippen molar-refractivity contribution in [2.75, 3.05) is 5.32 Å². The Hall–Kier alpha value is -2.27. The third kappa shape index (κ3) is 3.64. The number of hydrogen-bond acceptors (Lipinski definition) is 3. The van der Waals surface area contributed by atoms with E-state index in [2.05, 4.69) is 24.1 Å². The SMILES string of the molecule is CC(C)c1ccccc1NC(=O)c1ccc(C(N)=S)cn1. The molecule has 108 valence electrons. The van der Waals surface area contributed by atoms with Gasteiger partial charge in [-0.2, -0.15) is 0 Å². The molecule has 4 nitrogen and oxygen atoms in total. The molecule has 1 aromatic carbocycles. The number of carbonyl (C=O) groups excluding carboxylic acids is 1. The summed E-state index contributed by atoms with van der Waals surface area (Å²) in [5.74, 6) is 0.0732. The quantitative estimate of drug-likeness (QED) is 0.851. The van der Waals surface area contributed by atoms with Crippen LogP contribution in [0.4, 0.5) is 5.69 Å². The minimum Gasteiger partial charge on any atom is -0.389 e. The second kappa shape index (κ2) is 6.45. The van der Waals surface area contributed by atoms with Crippen LogP contribution in [0.1, 0.15) is 41.4 Å². The van der Waals surface area contributed by atoms with Gasteiger partial charge in [-0.3, -0.25) is 9.78 Å². The van der Waals surface area contributed by atoms with Crippen molar-refractivity contribution in [3.63, 3.8) is 0 Å². The zero-order valence-corrected chi connectivity index (χ0v) is 12.8. The molecule has 0 unspecified atom stereocenters. The Morgan fingerprint density at radius 3 is 2.52 bits per heavy atom. The molecule has 1 amide bonds. The van der Waals surface area contributed by atoms with Gasteiger partial charge in [0.15, 0.2) is 0 Å². The maximum Gasteiger partial charge on any atom is 0.274 e. The summed E-state index contributed by atoms with van der Waals surface area (Å²) in [5, 5.41) is 2.89. The van der Waals surface area contributed by atoms with Crippen LogP contribution in [0, 0.1) is 0 Å². The van der Waals surface area contributed by atoms with Crippen molar-refractivity contribution in [3.05, 3.63) is 59.4 Å². The molecule has 21 heavy (non-hydrogen) atoms. The number of nitrogens with one attached hydrogen (secondary N) is 1. The molecule has 0 fully saturated rings. The van der Waals surface area contributed by atoms with Gasteiger partial charge in [-0.25, -0.2) is 0 Å². The Morgan fingerprint density at radius 2 is 1.95 bits per heavy atom. The summed E-state index contributed by atoms with van der Waals surface area (Å²) >= 11 is 4.86. The van der Waals surface area contributed by atoms with E-state index in [0.717, 1.165) is 11.3 Å². The fourth-order valence-corrected chi connectivity index (χ4v) is 2.10. The lowest BCUT2D eigenvalue weighted by molar-refractivity contribution is 0.102. The van der Waals surface area contributed by atoms with E-state index < -0.39 is 0 Å². The lowest BCUT2D eigenvalue weighted by atomic mass is 10.0.